The van der Waals surface area contributed by atoms with Gasteiger partial charge in [-0.05, 0) is 35.0 Å². The highest BCUT2D eigenvalue weighted by molar-refractivity contribution is 6.45. The lowest BCUT2D eigenvalue weighted by molar-refractivity contribution is -0.135. The van der Waals surface area contributed by atoms with Gasteiger partial charge < -0.3 is 9.47 Å². The Morgan fingerprint density at radius 2 is 1.54 bits per heavy atom. The number of esters is 1. The third kappa shape index (κ3) is 3.24. The first kappa shape index (κ1) is 16.0. The maximum absolute atomic E-state index is 11.8. The van der Waals surface area contributed by atoms with Crippen molar-refractivity contribution in [1.29, 1.82) is 0 Å². The zero-order valence-electron chi connectivity index (χ0n) is 12.8. The fourth-order valence-electron chi connectivity index (χ4n) is 2.31. The zero-order valence-corrected chi connectivity index (χ0v) is 13.5. The van der Waals surface area contributed by atoms with Gasteiger partial charge in [-0.15, -0.1) is 0 Å². The number of carbonyl (C=O) groups is 2. The largest absolute Gasteiger partial charge is 0.463 e. The van der Waals surface area contributed by atoms with E-state index in [0.717, 1.165) is 17.9 Å². The Morgan fingerprint density at radius 3 is 2.25 bits per heavy atom. The van der Waals surface area contributed by atoms with Crippen LogP contribution in [0, 0.1) is 0 Å². The molecule has 0 amide bonds. The predicted octanol–water partition coefficient (Wildman–Crippen LogP) is 4.64. The van der Waals surface area contributed by atoms with Gasteiger partial charge in [0.05, 0.1) is 12.1 Å². The Kier molecular flexibility index (Phi) is 4.49. The van der Waals surface area contributed by atoms with E-state index in [1.165, 1.54) is 12.1 Å². The molecule has 0 aliphatic rings. The van der Waals surface area contributed by atoms with E-state index in [4.69, 9.17) is 16.3 Å². The van der Waals surface area contributed by atoms with Crippen molar-refractivity contribution < 1.29 is 19.1 Å². The molecule has 120 valence electrons. The van der Waals surface area contributed by atoms with Crippen LogP contribution in [0.4, 0.5) is 0 Å². The molecule has 0 unspecified atom stereocenters. The summed E-state index contributed by atoms with van der Waals surface area (Å²) in [6.07, 6.45) is 0. The smallest absolute Gasteiger partial charge is 0.379 e. The summed E-state index contributed by atoms with van der Waals surface area (Å²) >= 11 is 6.08. The van der Waals surface area contributed by atoms with Crippen LogP contribution in [0.3, 0.4) is 0 Å². The number of Topliss-reactive ketones (excluding diaryl/α,β-unsaturated/α-hetero) is 1. The van der Waals surface area contributed by atoms with Crippen LogP contribution in [0.5, 0.6) is 11.5 Å². The summed E-state index contributed by atoms with van der Waals surface area (Å²) in [6.45, 7) is 0. The third-order valence-electron chi connectivity index (χ3n) is 3.51. The molecule has 0 heterocycles. The minimum Gasteiger partial charge on any atom is -0.463 e. The van der Waals surface area contributed by atoms with Crippen molar-refractivity contribution in [3.8, 4) is 11.5 Å². The Hall–Kier alpha value is -2.85. The minimum absolute atomic E-state index is 0.0781. The normalized spacial score (nSPS) is 10.4. The van der Waals surface area contributed by atoms with E-state index in [2.05, 4.69) is 4.74 Å². The van der Waals surface area contributed by atoms with Gasteiger partial charge in [-0.3, -0.25) is 4.79 Å². The lowest BCUT2D eigenvalue weighted by Gasteiger charge is -2.09. The molecular weight excluding hydrogens is 328 g/mol. The summed E-state index contributed by atoms with van der Waals surface area (Å²) in [5.74, 6) is -0.631. The predicted molar refractivity (Wildman–Crippen MR) is 91.8 cm³/mol. The van der Waals surface area contributed by atoms with Gasteiger partial charge in [0.1, 0.15) is 11.5 Å². The second-order valence-electron chi connectivity index (χ2n) is 5.07. The van der Waals surface area contributed by atoms with Gasteiger partial charge in [0, 0.05) is 11.6 Å². The summed E-state index contributed by atoms with van der Waals surface area (Å²) in [5.41, 5.74) is 0.0781. The van der Waals surface area contributed by atoms with Crippen molar-refractivity contribution in [3.63, 3.8) is 0 Å². The molecule has 3 aromatic carbocycles. The molecule has 24 heavy (non-hydrogen) atoms. The van der Waals surface area contributed by atoms with Crippen LogP contribution in [0.2, 0.25) is 5.02 Å². The zero-order chi connectivity index (χ0) is 17.1. The molecule has 5 heteroatoms. The Labute approximate surface area is 143 Å². The summed E-state index contributed by atoms with van der Waals surface area (Å²) in [7, 11) is 1.14. The third-order valence-corrected chi connectivity index (χ3v) is 3.83. The topological polar surface area (TPSA) is 52.6 Å². The minimum atomic E-state index is -0.958. The van der Waals surface area contributed by atoms with Crippen LogP contribution in [0.25, 0.3) is 10.8 Å². The molecule has 0 fully saturated rings. The van der Waals surface area contributed by atoms with Crippen molar-refractivity contribution in [2.24, 2.45) is 0 Å². The SMILES string of the molecule is COC(=O)C(=O)c1ccc(Oc2ccc3ccccc3c2)cc1Cl. The highest BCUT2D eigenvalue weighted by Crippen LogP contribution is 2.29. The van der Waals surface area contributed by atoms with E-state index in [1.54, 1.807) is 6.07 Å². The molecule has 3 rings (SSSR count). The fraction of sp³-hybridized carbons (Fsp3) is 0.0526. The first-order valence-electron chi connectivity index (χ1n) is 7.17. The highest BCUT2D eigenvalue weighted by Gasteiger charge is 2.20. The van der Waals surface area contributed by atoms with Gasteiger partial charge in [0.2, 0.25) is 0 Å². The Bertz CT molecular complexity index is 934. The van der Waals surface area contributed by atoms with E-state index in [1.807, 2.05) is 42.5 Å². The molecule has 0 saturated carbocycles. The number of fused-ring (bicyclic) bond motifs is 1. The number of ketones is 1. The molecule has 0 atom stereocenters. The lowest BCUT2D eigenvalue weighted by atomic mass is 10.1. The average molecular weight is 341 g/mol. The van der Waals surface area contributed by atoms with E-state index in [-0.39, 0.29) is 10.6 Å². The molecule has 0 saturated heterocycles. The van der Waals surface area contributed by atoms with Gasteiger partial charge in [-0.1, -0.05) is 41.9 Å². The van der Waals surface area contributed by atoms with Gasteiger partial charge in [0.15, 0.2) is 0 Å². The molecule has 0 N–H and O–H groups in total. The van der Waals surface area contributed by atoms with E-state index >= 15 is 0 Å². The molecule has 4 nitrogen and oxygen atoms in total. The van der Waals surface area contributed by atoms with E-state index in [9.17, 15) is 9.59 Å². The Balaban J connectivity index is 1.86. The van der Waals surface area contributed by atoms with Crippen LogP contribution < -0.4 is 4.74 Å². The molecule has 0 aromatic heterocycles. The summed E-state index contributed by atoms with van der Waals surface area (Å²) in [6, 6.07) is 18.2. The highest BCUT2D eigenvalue weighted by atomic mass is 35.5. The molecular formula is C19H13ClO4. The first-order chi connectivity index (χ1) is 11.6. The van der Waals surface area contributed by atoms with Crippen molar-refractivity contribution in [2.75, 3.05) is 7.11 Å². The Morgan fingerprint density at radius 1 is 0.875 bits per heavy atom. The van der Waals surface area contributed by atoms with E-state index < -0.39 is 11.8 Å². The number of methoxy groups -OCH3 is 1. The summed E-state index contributed by atoms with van der Waals surface area (Å²) in [5, 5.41) is 2.30. The van der Waals surface area contributed by atoms with Crippen LogP contribution in [-0.2, 0) is 9.53 Å². The van der Waals surface area contributed by atoms with Gasteiger partial charge in [0.25, 0.3) is 5.78 Å². The molecule has 0 aliphatic heterocycles. The second-order valence-corrected chi connectivity index (χ2v) is 5.48. The van der Waals surface area contributed by atoms with E-state index in [0.29, 0.717) is 11.5 Å². The molecule has 0 aliphatic carbocycles. The quantitative estimate of drug-likeness (QED) is 0.394. The number of benzene rings is 3. The molecule has 3 aromatic rings. The van der Waals surface area contributed by atoms with Crippen molar-refractivity contribution >= 4 is 34.1 Å². The maximum atomic E-state index is 11.8. The fourth-order valence-corrected chi connectivity index (χ4v) is 2.57. The summed E-state index contributed by atoms with van der Waals surface area (Å²) in [4.78, 5) is 23.1. The van der Waals surface area contributed by atoms with Crippen LogP contribution in [0.1, 0.15) is 10.4 Å². The van der Waals surface area contributed by atoms with Crippen molar-refractivity contribution in [2.45, 2.75) is 0 Å². The number of halogens is 1. The standard InChI is InChI=1S/C19H13ClO4/c1-23-19(22)18(21)16-9-8-15(11-17(16)20)24-14-7-6-12-4-2-3-5-13(12)10-14/h2-11H,1H3. The molecule has 0 radical (unpaired) electrons. The van der Waals surface area contributed by atoms with Crippen molar-refractivity contribution in [3.05, 3.63) is 71.2 Å². The molecule has 0 bridgehead atoms. The first-order valence-corrected chi connectivity index (χ1v) is 7.55. The number of rotatable bonds is 4. The number of hydrogen-bond acceptors (Lipinski definition) is 4. The second kappa shape index (κ2) is 6.72. The monoisotopic (exact) mass is 340 g/mol. The van der Waals surface area contributed by atoms with Gasteiger partial charge >= 0.3 is 5.97 Å². The number of carbonyl (C=O) groups excluding carboxylic acids is 2. The number of hydrogen-bond donors (Lipinski definition) is 0. The van der Waals surface area contributed by atoms with Crippen molar-refractivity contribution in [1.82, 2.24) is 0 Å². The van der Waals surface area contributed by atoms with Gasteiger partial charge in [-0.2, -0.15) is 0 Å². The molecule has 0 spiro atoms. The lowest BCUT2D eigenvalue weighted by Crippen LogP contribution is -2.16. The van der Waals surface area contributed by atoms with Crippen LogP contribution in [-0.4, -0.2) is 18.9 Å². The van der Waals surface area contributed by atoms with Gasteiger partial charge in [-0.25, -0.2) is 4.79 Å². The van der Waals surface area contributed by atoms with Crippen LogP contribution in [0.15, 0.2) is 60.7 Å². The average Bonchev–Trinajstić information content (AvgIpc) is 2.60. The summed E-state index contributed by atoms with van der Waals surface area (Å²) < 4.78 is 10.2. The maximum Gasteiger partial charge on any atom is 0.379 e. The van der Waals surface area contributed by atoms with Crippen LogP contribution >= 0.6 is 11.6 Å². The number of ether oxygens (including phenoxy) is 2.